The predicted molar refractivity (Wildman–Crippen MR) is 144 cm³/mol. The van der Waals surface area contributed by atoms with Crippen molar-refractivity contribution in [3.05, 3.63) is 92.7 Å². The van der Waals surface area contributed by atoms with E-state index >= 15 is 0 Å². The largest absolute Gasteiger partial charge is 0.397 e. The molecule has 0 amide bonds. The Labute approximate surface area is 231 Å². The summed E-state index contributed by atoms with van der Waals surface area (Å²) in [7, 11) is -4.85. The van der Waals surface area contributed by atoms with Gasteiger partial charge in [-0.3, -0.25) is 14.1 Å². The molecule has 4 aromatic rings. The van der Waals surface area contributed by atoms with E-state index in [0.29, 0.717) is 16.1 Å². The minimum Gasteiger partial charge on any atom is -0.397 e. The van der Waals surface area contributed by atoms with Gasteiger partial charge >= 0.3 is 0 Å². The molecule has 10 nitrogen and oxygen atoms in total. The number of hydrogen-bond acceptors (Lipinski definition) is 10. The highest BCUT2D eigenvalue weighted by Gasteiger charge is 2.36. The number of nitrogens with zero attached hydrogens (tertiary/aromatic N) is 3. The maximum absolute atomic E-state index is 13.5. The first-order valence-electron chi connectivity index (χ1n) is 10.7. The van der Waals surface area contributed by atoms with Crippen molar-refractivity contribution in [3.63, 3.8) is 0 Å². The number of ketones is 2. The van der Waals surface area contributed by atoms with Crippen LogP contribution in [-0.4, -0.2) is 39.5 Å². The Morgan fingerprint density at radius 2 is 1.53 bits per heavy atom. The molecule has 3 aromatic carbocycles. The Bertz CT molecular complexity index is 1780. The molecule has 0 fully saturated rings. The van der Waals surface area contributed by atoms with Gasteiger partial charge in [-0.1, -0.05) is 24.3 Å². The maximum Gasteiger partial charge on any atom is 0.296 e. The van der Waals surface area contributed by atoms with Crippen molar-refractivity contribution in [2.45, 2.75) is 16.2 Å². The van der Waals surface area contributed by atoms with Crippen LogP contribution >= 0.6 is 35.8 Å². The Kier molecular flexibility index (Phi) is 6.61. The molecule has 4 N–H and O–H groups in total. The number of hydrogen-bond donors (Lipinski definition) is 4. The predicted octanol–water partition coefficient (Wildman–Crippen LogP) is 4.41. The van der Waals surface area contributed by atoms with Crippen molar-refractivity contribution in [3.8, 4) is 0 Å². The van der Waals surface area contributed by atoms with E-state index in [-0.39, 0.29) is 50.8 Å². The van der Waals surface area contributed by atoms with E-state index in [1.807, 2.05) is 0 Å². The van der Waals surface area contributed by atoms with Crippen LogP contribution in [-0.2, 0) is 16.5 Å². The van der Waals surface area contributed by atoms with Gasteiger partial charge in [-0.25, -0.2) is 9.97 Å². The monoisotopic (exact) mass is 587 g/mol. The van der Waals surface area contributed by atoms with Crippen LogP contribution in [0.1, 0.15) is 43.2 Å². The van der Waals surface area contributed by atoms with Crippen LogP contribution in [0.2, 0.25) is 10.6 Å². The zero-order valence-electron chi connectivity index (χ0n) is 18.9. The Hall–Kier alpha value is -3.55. The van der Waals surface area contributed by atoms with Gasteiger partial charge in [0.2, 0.25) is 10.6 Å². The second-order valence-corrected chi connectivity index (χ2v) is 10.7. The number of nitrogen functional groups attached to an aromatic ring is 1. The molecule has 1 aromatic heterocycles. The van der Waals surface area contributed by atoms with E-state index in [2.05, 4.69) is 32.9 Å². The normalized spacial score (nSPS) is 12.7. The number of benzene rings is 3. The summed E-state index contributed by atoms with van der Waals surface area (Å²) >= 11 is 16.2. The first-order chi connectivity index (χ1) is 17.9. The molecule has 192 valence electrons. The lowest BCUT2D eigenvalue weighted by molar-refractivity contribution is 0.0980. The van der Waals surface area contributed by atoms with Crippen molar-refractivity contribution in [1.82, 2.24) is 15.0 Å². The van der Waals surface area contributed by atoms with E-state index in [1.54, 1.807) is 30.3 Å². The van der Waals surface area contributed by atoms with Gasteiger partial charge in [0.25, 0.3) is 10.1 Å². The van der Waals surface area contributed by atoms with Crippen LogP contribution in [0.4, 0.5) is 17.1 Å². The molecular formula is C24H15Cl2N5O5S2. The lowest BCUT2D eigenvalue weighted by Crippen LogP contribution is -2.25. The molecule has 0 aliphatic heterocycles. The summed E-state index contributed by atoms with van der Waals surface area (Å²) in [4.78, 5) is 38.5. The molecule has 38 heavy (non-hydrogen) atoms. The number of nitrogens with two attached hydrogens (primary N) is 1. The summed E-state index contributed by atoms with van der Waals surface area (Å²) in [5, 5.41) is 2.83. The summed E-state index contributed by atoms with van der Waals surface area (Å²) in [6.07, 6.45) is 0.164. The number of anilines is 3. The molecule has 0 saturated heterocycles. The first-order valence-corrected chi connectivity index (χ1v) is 13.4. The summed E-state index contributed by atoms with van der Waals surface area (Å²) in [5.41, 5.74) is 6.28. The molecule has 0 spiro atoms. The second kappa shape index (κ2) is 9.64. The van der Waals surface area contributed by atoms with Crippen molar-refractivity contribution in [1.29, 1.82) is 0 Å². The summed E-state index contributed by atoms with van der Waals surface area (Å²) in [5.74, 6) is -0.901. The lowest BCUT2D eigenvalue weighted by atomic mass is 9.82. The lowest BCUT2D eigenvalue weighted by Gasteiger charge is -2.23. The van der Waals surface area contributed by atoms with Crippen LogP contribution < -0.4 is 11.1 Å². The average molecular weight is 588 g/mol. The zero-order valence-corrected chi connectivity index (χ0v) is 22.2. The van der Waals surface area contributed by atoms with Gasteiger partial charge in [0.05, 0.1) is 22.5 Å². The smallest absolute Gasteiger partial charge is 0.296 e. The molecule has 14 heteroatoms. The number of halogens is 2. The summed E-state index contributed by atoms with van der Waals surface area (Å²) in [6.45, 7) is 0. The van der Waals surface area contributed by atoms with Crippen molar-refractivity contribution < 1.29 is 22.6 Å². The molecule has 0 unspecified atom stereocenters. The van der Waals surface area contributed by atoms with E-state index in [4.69, 9.17) is 28.9 Å². The molecule has 1 aliphatic rings. The molecule has 1 aliphatic carbocycles. The molecule has 1 heterocycles. The van der Waals surface area contributed by atoms with Gasteiger partial charge in [0.15, 0.2) is 11.6 Å². The number of thiol groups is 1. The quantitative estimate of drug-likeness (QED) is 0.131. The van der Waals surface area contributed by atoms with Gasteiger partial charge in [0.1, 0.15) is 10.7 Å². The Morgan fingerprint density at radius 1 is 0.921 bits per heavy atom. The topological polar surface area (TPSA) is 165 Å². The fourth-order valence-electron chi connectivity index (χ4n) is 4.18. The van der Waals surface area contributed by atoms with Crippen LogP contribution in [0.3, 0.4) is 0 Å². The van der Waals surface area contributed by atoms with E-state index in [0.717, 1.165) is 6.07 Å². The van der Waals surface area contributed by atoms with Gasteiger partial charge in [-0.05, 0) is 53.0 Å². The number of carbonyl (C=O) groups excluding carboxylic acids is 2. The average Bonchev–Trinajstić information content (AvgIpc) is 2.84. The molecular weight excluding hydrogens is 573 g/mol. The molecule has 0 radical (unpaired) electrons. The Morgan fingerprint density at radius 3 is 2.13 bits per heavy atom. The summed E-state index contributed by atoms with van der Waals surface area (Å²) in [6, 6.07) is 12.1. The summed E-state index contributed by atoms with van der Waals surface area (Å²) < 4.78 is 34.1. The number of nitrogens with one attached hydrogen (secondary N) is 1. The van der Waals surface area contributed by atoms with Crippen LogP contribution in [0, 0.1) is 0 Å². The van der Waals surface area contributed by atoms with Crippen molar-refractivity contribution >= 4 is 74.6 Å². The third-order valence-corrected chi connectivity index (χ3v) is 7.48. The second-order valence-electron chi connectivity index (χ2n) is 8.20. The van der Waals surface area contributed by atoms with Crippen molar-refractivity contribution in [2.75, 3.05) is 11.1 Å². The van der Waals surface area contributed by atoms with E-state index in [9.17, 15) is 22.6 Å². The third kappa shape index (κ3) is 4.72. The maximum atomic E-state index is 13.5. The highest BCUT2D eigenvalue weighted by Crippen LogP contribution is 2.40. The van der Waals surface area contributed by atoms with Gasteiger partial charge < -0.3 is 11.1 Å². The third-order valence-electron chi connectivity index (χ3n) is 5.81. The van der Waals surface area contributed by atoms with Gasteiger partial charge in [-0.15, -0.1) is 12.6 Å². The number of fused-ring (bicyclic) bond motifs is 2. The molecule has 0 atom stereocenters. The van der Waals surface area contributed by atoms with Crippen LogP contribution in [0.25, 0.3) is 0 Å². The minimum atomic E-state index is -4.85. The highest BCUT2D eigenvalue weighted by molar-refractivity contribution is 7.86. The Balaban J connectivity index is 1.64. The fraction of sp³-hybridized carbons (Fsp3) is 0.0417. The number of rotatable bonds is 5. The first kappa shape index (κ1) is 26.1. The molecule has 0 saturated carbocycles. The van der Waals surface area contributed by atoms with Crippen molar-refractivity contribution in [2.24, 2.45) is 0 Å². The number of aromatic nitrogens is 3. The highest BCUT2D eigenvalue weighted by atomic mass is 35.5. The number of carbonyl (C=O) groups is 2. The standard InChI is InChI=1S/C24H15Cl2N5O5S2/c25-23-29-17(30-24(26)31-23)8-10-7-11(5-6-15(10)37)28-14-9-16(38(34,35)36)20(27)19-18(14)21(32)12-3-1-2-4-13(12)22(19)33/h1-7,9,28,37H,8,27H2,(H,34,35,36). The van der Waals surface area contributed by atoms with Gasteiger partial charge in [-0.2, -0.15) is 13.4 Å². The van der Waals surface area contributed by atoms with E-state index in [1.165, 1.54) is 12.1 Å². The molecule has 0 bridgehead atoms. The minimum absolute atomic E-state index is 0.0428. The van der Waals surface area contributed by atoms with E-state index < -0.39 is 32.3 Å². The van der Waals surface area contributed by atoms with Crippen LogP contribution in [0.5, 0.6) is 0 Å². The SMILES string of the molecule is Nc1c(S(=O)(=O)O)cc(Nc2ccc(S)c(Cc3nc(Cl)nc(Cl)n3)c2)c2c1C(=O)c1ccccc1C2=O. The molecule has 5 rings (SSSR count). The zero-order chi connectivity index (χ0) is 27.4. The van der Waals surface area contributed by atoms with Gasteiger partial charge in [0, 0.05) is 28.1 Å². The van der Waals surface area contributed by atoms with Crippen LogP contribution in [0.15, 0.2) is 58.3 Å². The fourth-order valence-corrected chi connectivity index (χ4v) is 5.44.